The lowest BCUT2D eigenvalue weighted by Gasteiger charge is -2.07. The Kier molecular flexibility index (Phi) is 4.32. The van der Waals surface area contributed by atoms with Gasteiger partial charge < -0.3 is 14.6 Å². The van der Waals surface area contributed by atoms with Crippen LogP contribution in [-0.2, 0) is 4.79 Å². The second-order valence-corrected chi connectivity index (χ2v) is 6.39. The van der Waals surface area contributed by atoms with Crippen molar-refractivity contribution in [2.75, 3.05) is 11.9 Å². The topological polar surface area (TPSA) is 90.1 Å². The van der Waals surface area contributed by atoms with Crippen molar-refractivity contribution in [2.24, 2.45) is 0 Å². The van der Waals surface area contributed by atoms with Crippen molar-refractivity contribution in [3.05, 3.63) is 53.9 Å². The molecule has 0 atom stereocenters. The van der Waals surface area contributed by atoms with Crippen LogP contribution in [-0.4, -0.2) is 27.6 Å². The SMILES string of the molecule is Cc1cc(NC(=O)COc2ncnc3scc(-c4ccccc4)c23)no1. The first-order valence-corrected chi connectivity index (χ1v) is 8.72. The van der Waals surface area contributed by atoms with E-state index in [1.54, 1.807) is 13.0 Å². The summed E-state index contributed by atoms with van der Waals surface area (Å²) in [5.74, 6) is 0.997. The normalized spacial score (nSPS) is 10.8. The molecule has 0 radical (unpaired) electrons. The van der Waals surface area contributed by atoms with E-state index >= 15 is 0 Å². The van der Waals surface area contributed by atoms with Crippen LogP contribution in [0.1, 0.15) is 5.76 Å². The van der Waals surface area contributed by atoms with Crippen LogP contribution in [0.3, 0.4) is 0 Å². The molecule has 7 nitrogen and oxygen atoms in total. The van der Waals surface area contributed by atoms with E-state index in [-0.39, 0.29) is 12.5 Å². The Morgan fingerprint density at radius 1 is 1.27 bits per heavy atom. The van der Waals surface area contributed by atoms with E-state index in [1.807, 2.05) is 35.7 Å². The highest BCUT2D eigenvalue weighted by atomic mass is 32.1. The molecule has 0 bridgehead atoms. The van der Waals surface area contributed by atoms with E-state index in [0.717, 1.165) is 21.3 Å². The van der Waals surface area contributed by atoms with Gasteiger partial charge >= 0.3 is 0 Å². The lowest BCUT2D eigenvalue weighted by atomic mass is 10.1. The number of hydrogen-bond acceptors (Lipinski definition) is 7. The number of carbonyl (C=O) groups excluding carboxylic acids is 1. The monoisotopic (exact) mass is 366 g/mol. The van der Waals surface area contributed by atoms with Crippen molar-refractivity contribution in [1.29, 1.82) is 0 Å². The second kappa shape index (κ2) is 6.93. The van der Waals surface area contributed by atoms with Gasteiger partial charge in [-0.25, -0.2) is 9.97 Å². The number of anilines is 1. The van der Waals surface area contributed by atoms with Crippen LogP contribution in [0.4, 0.5) is 5.82 Å². The number of aryl methyl sites for hydroxylation is 1. The standard InChI is InChI=1S/C18H14N4O3S/c1-11-7-14(22-25-11)21-15(23)8-24-17-16-13(12-5-3-2-4-6-12)9-26-18(16)20-10-19-17/h2-7,9-10H,8H2,1H3,(H,21,22,23). The minimum absolute atomic E-state index is 0.192. The minimum atomic E-state index is -0.346. The van der Waals surface area contributed by atoms with Gasteiger partial charge in [-0.2, -0.15) is 0 Å². The zero-order chi connectivity index (χ0) is 17.9. The molecule has 0 fully saturated rings. The molecule has 26 heavy (non-hydrogen) atoms. The first-order chi connectivity index (χ1) is 12.7. The van der Waals surface area contributed by atoms with Crippen LogP contribution < -0.4 is 10.1 Å². The lowest BCUT2D eigenvalue weighted by Crippen LogP contribution is -2.20. The van der Waals surface area contributed by atoms with Gasteiger partial charge in [0.1, 0.15) is 16.9 Å². The number of nitrogens with zero attached hydrogens (tertiary/aromatic N) is 3. The number of benzene rings is 1. The number of aromatic nitrogens is 3. The van der Waals surface area contributed by atoms with Crippen LogP contribution in [0, 0.1) is 6.92 Å². The molecule has 0 saturated heterocycles. The molecule has 1 N–H and O–H groups in total. The highest BCUT2D eigenvalue weighted by Crippen LogP contribution is 2.37. The molecule has 4 rings (SSSR count). The molecule has 0 aliphatic carbocycles. The molecule has 0 spiro atoms. The van der Waals surface area contributed by atoms with E-state index in [9.17, 15) is 4.79 Å². The third kappa shape index (κ3) is 3.27. The molecule has 1 aromatic carbocycles. The summed E-state index contributed by atoms with van der Waals surface area (Å²) in [6.07, 6.45) is 1.43. The molecule has 0 aliphatic rings. The molecule has 3 heterocycles. The largest absolute Gasteiger partial charge is 0.467 e. The molecular weight excluding hydrogens is 352 g/mol. The fourth-order valence-corrected chi connectivity index (χ4v) is 3.43. The van der Waals surface area contributed by atoms with E-state index in [1.165, 1.54) is 17.7 Å². The van der Waals surface area contributed by atoms with Crippen molar-refractivity contribution >= 4 is 33.3 Å². The van der Waals surface area contributed by atoms with Gasteiger partial charge in [0.15, 0.2) is 12.4 Å². The summed E-state index contributed by atoms with van der Waals surface area (Å²) < 4.78 is 10.6. The average Bonchev–Trinajstić information content (AvgIpc) is 3.27. The molecule has 0 saturated carbocycles. The Hall–Kier alpha value is -3.26. The smallest absolute Gasteiger partial charge is 0.263 e. The van der Waals surface area contributed by atoms with Gasteiger partial charge in [0.25, 0.3) is 5.91 Å². The van der Waals surface area contributed by atoms with Gasteiger partial charge in [-0.15, -0.1) is 11.3 Å². The summed E-state index contributed by atoms with van der Waals surface area (Å²) in [4.78, 5) is 21.4. The third-order valence-electron chi connectivity index (χ3n) is 3.66. The number of ether oxygens (including phenoxy) is 1. The molecule has 1 amide bonds. The second-order valence-electron chi connectivity index (χ2n) is 5.53. The number of carbonyl (C=O) groups is 1. The van der Waals surface area contributed by atoms with Gasteiger partial charge in [-0.1, -0.05) is 35.5 Å². The summed E-state index contributed by atoms with van der Waals surface area (Å²) in [5, 5.41) is 9.14. The first-order valence-electron chi connectivity index (χ1n) is 7.84. The number of rotatable bonds is 5. The number of amides is 1. The molecule has 0 unspecified atom stereocenters. The predicted octanol–water partition coefficient (Wildman–Crippen LogP) is 3.67. The van der Waals surface area contributed by atoms with Crippen LogP contribution in [0.25, 0.3) is 21.3 Å². The van der Waals surface area contributed by atoms with Crippen LogP contribution in [0.5, 0.6) is 5.88 Å². The van der Waals surface area contributed by atoms with Crippen LogP contribution in [0.15, 0.2) is 52.6 Å². The quantitative estimate of drug-likeness (QED) is 0.579. The zero-order valence-electron chi connectivity index (χ0n) is 13.8. The Morgan fingerprint density at radius 2 is 2.12 bits per heavy atom. The maximum absolute atomic E-state index is 12.1. The maximum atomic E-state index is 12.1. The molecular formula is C18H14N4O3S. The van der Waals surface area contributed by atoms with Crippen LogP contribution in [0.2, 0.25) is 0 Å². The van der Waals surface area contributed by atoms with Crippen molar-refractivity contribution in [3.8, 4) is 17.0 Å². The van der Waals surface area contributed by atoms with E-state index in [2.05, 4.69) is 20.4 Å². The number of nitrogens with one attached hydrogen (secondary N) is 1. The fourth-order valence-electron chi connectivity index (χ4n) is 2.53. The Morgan fingerprint density at radius 3 is 2.88 bits per heavy atom. The number of fused-ring (bicyclic) bond motifs is 1. The van der Waals surface area contributed by atoms with Crippen molar-refractivity contribution in [3.63, 3.8) is 0 Å². The Balaban J connectivity index is 1.56. The van der Waals surface area contributed by atoms with Crippen molar-refractivity contribution < 1.29 is 14.1 Å². The highest BCUT2D eigenvalue weighted by molar-refractivity contribution is 7.17. The maximum Gasteiger partial charge on any atom is 0.263 e. The first kappa shape index (κ1) is 16.2. The summed E-state index contributed by atoms with van der Waals surface area (Å²) in [6, 6.07) is 11.6. The number of thiophene rings is 1. The van der Waals surface area contributed by atoms with Gasteiger partial charge in [0.05, 0.1) is 5.39 Å². The Bertz CT molecular complexity index is 1060. The highest BCUT2D eigenvalue weighted by Gasteiger charge is 2.15. The average molecular weight is 366 g/mol. The predicted molar refractivity (Wildman–Crippen MR) is 98.2 cm³/mol. The van der Waals surface area contributed by atoms with Gasteiger partial charge in [0.2, 0.25) is 5.88 Å². The minimum Gasteiger partial charge on any atom is -0.467 e. The van der Waals surface area contributed by atoms with Crippen LogP contribution >= 0.6 is 11.3 Å². The van der Waals surface area contributed by atoms with E-state index < -0.39 is 0 Å². The zero-order valence-corrected chi connectivity index (χ0v) is 14.6. The third-order valence-corrected chi connectivity index (χ3v) is 4.54. The van der Waals surface area contributed by atoms with Gasteiger partial charge in [-0.3, -0.25) is 4.79 Å². The van der Waals surface area contributed by atoms with Crippen molar-refractivity contribution in [2.45, 2.75) is 6.92 Å². The molecule has 4 aromatic rings. The van der Waals surface area contributed by atoms with Gasteiger partial charge in [0, 0.05) is 17.0 Å². The van der Waals surface area contributed by atoms with Crippen molar-refractivity contribution in [1.82, 2.24) is 15.1 Å². The summed E-state index contributed by atoms with van der Waals surface area (Å²) >= 11 is 1.51. The van der Waals surface area contributed by atoms with E-state index in [4.69, 9.17) is 9.26 Å². The van der Waals surface area contributed by atoms with E-state index in [0.29, 0.717) is 17.5 Å². The Labute approximate surface area is 152 Å². The fraction of sp³-hybridized carbons (Fsp3) is 0.111. The molecule has 3 aromatic heterocycles. The molecule has 8 heteroatoms. The summed E-state index contributed by atoms with van der Waals surface area (Å²) in [5.41, 5.74) is 2.02. The molecule has 130 valence electrons. The molecule has 0 aliphatic heterocycles. The van der Waals surface area contributed by atoms with Gasteiger partial charge in [-0.05, 0) is 12.5 Å². The summed E-state index contributed by atoms with van der Waals surface area (Å²) in [6.45, 7) is 1.56. The summed E-state index contributed by atoms with van der Waals surface area (Å²) in [7, 11) is 0. The lowest BCUT2D eigenvalue weighted by molar-refractivity contribution is -0.118. The number of hydrogen-bond donors (Lipinski definition) is 1.